The van der Waals surface area contributed by atoms with Crippen molar-refractivity contribution in [2.75, 3.05) is 5.33 Å². The number of aryl methyl sites for hydroxylation is 1. The smallest absolute Gasteiger partial charge is 0.123 e. The average Bonchev–Trinajstić information content (AvgIpc) is 2.41. The highest BCUT2D eigenvalue weighted by atomic mass is 79.9. The predicted octanol–water partition coefficient (Wildman–Crippen LogP) is 4.86. The van der Waals surface area contributed by atoms with Crippen LogP contribution in [0.1, 0.15) is 22.6 Å². The van der Waals surface area contributed by atoms with Gasteiger partial charge in [-0.25, -0.2) is 4.39 Å². The van der Waals surface area contributed by atoms with E-state index in [4.69, 9.17) is 0 Å². The normalized spacial score (nSPS) is 12.4. The summed E-state index contributed by atoms with van der Waals surface area (Å²) in [6, 6.07) is 15.4. The Morgan fingerprint density at radius 2 is 1.83 bits per heavy atom. The van der Waals surface area contributed by atoms with Crippen molar-refractivity contribution in [2.45, 2.75) is 19.3 Å². The van der Waals surface area contributed by atoms with E-state index in [1.807, 2.05) is 31.2 Å². The summed E-state index contributed by atoms with van der Waals surface area (Å²) in [4.78, 5) is 0. The molecule has 2 aromatic rings. The molecule has 0 N–H and O–H groups in total. The molecule has 2 rings (SSSR count). The second-order valence-electron chi connectivity index (χ2n) is 4.54. The summed E-state index contributed by atoms with van der Waals surface area (Å²) < 4.78 is 13.3. The molecule has 0 aromatic heterocycles. The molecule has 0 nitrogen and oxygen atoms in total. The Kier molecular flexibility index (Phi) is 4.54. The van der Waals surface area contributed by atoms with Gasteiger partial charge in [0.1, 0.15) is 5.82 Å². The molecular formula is C16H16BrF. The summed E-state index contributed by atoms with van der Waals surface area (Å²) in [5.74, 6) is 0.226. The van der Waals surface area contributed by atoms with E-state index in [0.717, 1.165) is 22.9 Å². The summed E-state index contributed by atoms with van der Waals surface area (Å²) in [7, 11) is 0. The maximum absolute atomic E-state index is 13.3. The number of halogens is 2. The van der Waals surface area contributed by atoms with Crippen LogP contribution in [-0.2, 0) is 6.42 Å². The minimum Gasteiger partial charge on any atom is -0.207 e. The molecular weight excluding hydrogens is 291 g/mol. The lowest BCUT2D eigenvalue weighted by atomic mass is 9.92. The van der Waals surface area contributed by atoms with Gasteiger partial charge in [-0.1, -0.05) is 52.3 Å². The van der Waals surface area contributed by atoms with Gasteiger partial charge in [-0.2, -0.15) is 0 Å². The van der Waals surface area contributed by atoms with Crippen LogP contribution < -0.4 is 0 Å². The first-order valence-corrected chi connectivity index (χ1v) is 7.19. The number of benzene rings is 2. The van der Waals surface area contributed by atoms with E-state index in [-0.39, 0.29) is 5.82 Å². The lowest BCUT2D eigenvalue weighted by Gasteiger charge is -2.16. The first-order chi connectivity index (χ1) is 8.70. The number of hydrogen-bond donors (Lipinski definition) is 0. The van der Waals surface area contributed by atoms with Crippen molar-refractivity contribution in [1.29, 1.82) is 0 Å². The Hall–Kier alpha value is -1.15. The van der Waals surface area contributed by atoms with Crippen molar-refractivity contribution in [3.8, 4) is 0 Å². The fraction of sp³-hybridized carbons (Fsp3) is 0.250. The Labute approximate surface area is 116 Å². The third kappa shape index (κ3) is 3.20. The molecule has 0 aliphatic rings. The van der Waals surface area contributed by atoms with E-state index in [1.54, 1.807) is 6.07 Å². The van der Waals surface area contributed by atoms with E-state index >= 15 is 0 Å². The third-order valence-electron chi connectivity index (χ3n) is 3.23. The first-order valence-electron chi connectivity index (χ1n) is 6.06. The van der Waals surface area contributed by atoms with E-state index in [2.05, 4.69) is 28.1 Å². The van der Waals surface area contributed by atoms with Crippen molar-refractivity contribution in [2.24, 2.45) is 0 Å². The first kappa shape index (κ1) is 13.3. The van der Waals surface area contributed by atoms with Gasteiger partial charge in [0.05, 0.1) is 0 Å². The van der Waals surface area contributed by atoms with Gasteiger partial charge in [0.15, 0.2) is 0 Å². The van der Waals surface area contributed by atoms with E-state index < -0.39 is 0 Å². The van der Waals surface area contributed by atoms with Crippen molar-refractivity contribution in [3.05, 3.63) is 71.0 Å². The molecule has 0 heterocycles. The average molecular weight is 307 g/mol. The predicted molar refractivity (Wildman–Crippen MR) is 77.8 cm³/mol. The molecule has 0 saturated carbocycles. The van der Waals surface area contributed by atoms with E-state index in [1.165, 1.54) is 11.6 Å². The van der Waals surface area contributed by atoms with Crippen LogP contribution in [0.2, 0.25) is 0 Å². The molecule has 0 radical (unpaired) electrons. The van der Waals surface area contributed by atoms with Gasteiger partial charge in [-0.05, 0) is 48.1 Å². The van der Waals surface area contributed by atoms with Crippen molar-refractivity contribution < 1.29 is 4.39 Å². The minimum absolute atomic E-state index is 0.156. The van der Waals surface area contributed by atoms with E-state index in [0.29, 0.717) is 5.92 Å². The third-order valence-corrected chi connectivity index (χ3v) is 4.02. The molecule has 0 bridgehead atoms. The molecule has 0 fully saturated rings. The summed E-state index contributed by atoms with van der Waals surface area (Å²) in [5, 5.41) is 0.882. The Morgan fingerprint density at radius 1 is 1.11 bits per heavy atom. The molecule has 0 saturated heterocycles. The molecule has 0 amide bonds. The van der Waals surface area contributed by atoms with Gasteiger partial charge >= 0.3 is 0 Å². The van der Waals surface area contributed by atoms with Crippen LogP contribution in [0.25, 0.3) is 0 Å². The monoisotopic (exact) mass is 306 g/mol. The highest BCUT2D eigenvalue weighted by Crippen LogP contribution is 2.24. The topological polar surface area (TPSA) is 0 Å². The zero-order chi connectivity index (χ0) is 13.0. The fourth-order valence-electron chi connectivity index (χ4n) is 2.11. The van der Waals surface area contributed by atoms with Crippen molar-refractivity contribution >= 4 is 15.9 Å². The van der Waals surface area contributed by atoms with Crippen LogP contribution in [0, 0.1) is 12.7 Å². The van der Waals surface area contributed by atoms with Gasteiger partial charge in [0.25, 0.3) is 0 Å². The fourth-order valence-corrected chi connectivity index (χ4v) is 2.71. The Morgan fingerprint density at radius 3 is 2.50 bits per heavy atom. The van der Waals surface area contributed by atoms with Gasteiger partial charge in [0, 0.05) is 5.33 Å². The van der Waals surface area contributed by atoms with Crippen LogP contribution >= 0.6 is 15.9 Å². The minimum atomic E-state index is -0.156. The zero-order valence-corrected chi connectivity index (χ0v) is 12.0. The summed E-state index contributed by atoms with van der Waals surface area (Å²) >= 11 is 3.56. The number of hydrogen-bond acceptors (Lipinski definition) is 0. The van der Waals surface area contributed by atoms with Crippen LogP contribution in [0.5, 0.6) is 0 Å². The lowest BCUT2D eigenvalue weighted by Crippen LogP contribution is -2.06. The van der Waals surface area contributed by atoms with Crippen molar-refractivity contribution in [3.63, 3.8) is 0 Å². The zero-order valence-electron chi connectivity index (χ0n) is 10.4. The molecule has 2 heteroatoms. The van der Waals surface area contributed by atoms with Gasteiger partial charge < -0.3 is 0 Å². The quantitative estimate of drug-likeness (QED) is 0.708. The van der Waals surface area contributed by atoms with Gasteiger partial charge in [-0.15, -0.1) is 0 Å². The maximum atomic E-state index is 13.3. The molecule has 0 aliphatic heterocycles. The van der Waals surface area contributed by atoms with E-state index in [9.17, 15) is 4.39 Å². The molecule has 2 aromatic carbocycles. The number of rotatable bonds is 4. The van der Waals surface area contributed by atoms with Gasteiger partial charge in [-0.3, -0.25) is 0 Å². The molecule has 0 spiro atoms. The van der Waals surface area contributed by atoms with Crippen molar-refractivity contribution in [1.82, 2.24) is 0 Å². The van der Waals surface area contributed by atoms with Crippen LogP contribution in [0.3, 0.4) is 0 Å². The molecule has 18 heavy (non-hydrogen) atoms. The molecule has 0 aliphatic carbocycles. The Balaban J connectivity index is 2.23. The standard InChI is InChI=1S/C16H16BrF/c1-12-7-8-16(18)10-14(12)9-15(11-17)13-5-3-2-4-6-13/h2-8,10,15H,9,11H2,1H3. The largest absolute Gasteiger partial charge is 0.207 e. The molecule has 94 valence electrons. The summed E-state index contributed by atoms with van der Waals surface area (Å²) in [6.07, 6.45) is 0.860. The second kappa shape index (κ2) is 6.14. The number of alkyl halides is 1. The summed E-state index contributed by atoms with van der Waals surface area (Å²) in [6.45, 7) is 2.03. The van der Waals surface area contributed by atoms with Crippen LogP contribution in [0.4, 0.5) is 4.39 Å². The Bertz CT molecular complexity index is 508. The summed E-state index contributed by atoms with van der Waals surface area (Å²) in [5.41, 5.74) is 3.53. The second-order valence-corrected chi connectivity index (χ2v) is 5.18. The van der Waals surface area contributed by atoms with Gasteiger partial charge in [0.2, 0.25) is 0 Å². The lowest BCUT2D eigenvalue weighted by molar-refractivity contribution is 0.622. The van der Waals surface area contributed by atoms with Crippen LogP contribution in [-0.4, -0.2) is 5.33 Å². The molecule has 1 unspecified atom stereocenters. The SMILES string of the molecule is Cc1ccc(F)cc1CC(CBr)c1ccccc1. The molecule has 1 atom stereocenters. The van der Waals surface area contributed by atoms with Crippen LogP contribution in [0.15, 0.2) is 48.5 Å². The maximum Gasteiger partial charge on any atom is 0.123 e. The highest BCUT2D eigenvalue weighted by molar-refractivity contribution is 9.09. The highest BCUT2D eigenvalue weighted by Gasteiger charge is 2.12.